The van der Waals surface area contributed by atoms with E-state index in [-0.39, 0.29) is 97.2 Å². The molecule has 5 atom stereocenters. The molecule has 0 radical (unpaired) electrons. The van der Waals surface area contributed by atoms with Crippen LogP contribution in [0.3, 0.4) is 0 Å². The van der Waals surface area contributed by atoms with Crippen LogP contribution >= 0.6 is 0 Å². The van der Waals surface area contributed by atoms with Gasteiger partial charge in [0.15, 0.2) is 23.0 Å². The van der Waals surface area contributed by atoms with E-state index in [4.69, 9.17) is 28.4 Å². The summed E-state index contributed by atoms with van der Waals surface area (Å²) in [6, 6.07) is 2.17. The fourth-order valence-electron chi connectivity index (χ4n) is 6.81. The van der Waals surface area contributed by atoms with Crippen LogP contribution in [0.25, 0.3) is 0 Å². The number of nitrogens with one attached hydrogen (secondary N) is 2. The largest absolute Gasteiger partial charge is 0.493 e. The van der Waals surface area contributed by atoms with Crippen LogP contribution in [0.5, 0.6) is 23.0 Å². The number of methoxy groups -OCH3 is 2. The molecule has 62 heavy (non-hydrogen) atoms. The summed E-state index contributed by atoms with van der Waals surface area (Å²) in [5.41, 5.74) is -0.0400. The fourth-order valence-corrected chi connectivity index (χ4v) is 6.81. The van der Waals surface area contributed by atoms with E-state index in [0.717, 1.165) is 0 Å². The molecular weight excluding hydrogens is 810 g/mol. The molecule has 1 heterocycles. The third-order valence-electron chi connectivity index (χ3n) is 10.1. The number of carbonyl (C=O) groups excluding carboxylic acids is 4. The first-order valence-electron chi connectivity index (χ1n) is 20.3. The molecule has 3 rings (SSSR count). The highest BCUT2D eigenvalue weighted by Gasteiger charge is 2.38. The first-order valence-corrected chi connectivity index (χ1v) is 20.3. The lowest BCUT2D eigenvalue weighted by Crippen LogP contribution is -2.56. The maximum absolute atomic E-state index is 13.8. The van der Waals surface area contributed by atoms with E-state index in [1.165, 1.54) is 55.5 Å². The van der Waals surface area contributed by atoms with Crippen molar-refractivity contribution < 1.29 is 57.4 Å². The summed E-state index contributed by atoms with van der Waals surface area (Å²) in [4.78, 5) is 78.5. The number of hydrogen-bond acceptors (Lipinski definition) is 14. The lowest BCUT2D eigenvalue weighted by molar-refractivity contribution is -0.386. The van der Waals surface area contributed by atoms with Crippen molar-refractivity contribution in [3.8, 4) is 23.0 Å². The Balaban J connectivity index is 1.70. The van der Waals surface area contributed by atoms with Gasteiger partial charge >= 0.3 is 12.1 Å². The van der Waals surface area contributed by atoms with Crippen molar-refractivity contribution in [1.29, 1.82) is 0 Å². The maximum atomic E-state index is 13.8. The van der Waals surface area contributed by atoms with E-state index < -0.39 is 69.6 Å². The highest BCUT2D eigenvalue weighted by molar-refractivity contribution is 5.93. The number of nitro benzene ring substituents is 2. The Labute approximate surface area is 361 Å². The maximum Gasteiger partial charge on any atom is 0.410 e. The van der Waals surface area contributed by atoms with Gasteiger partial charge in [-0.25, -0.2) is 9.59 Å². The molecule has 3 amide bonds. The summed E-state index contributed by atoms with van der Waals surface area (Å²) < 4.78 is 33.0. The molecule has 2 aromatic carbocycles. The normalized spacial score (nSPS) is 15.4. The second-order valence-electron chi connectivity index (χ2n) is 15.6. The molecule has 0 saturated carbocycles. The van der Waals surface area contributed by atoms with Gasteiger partial charge in [-0.15, -0.1) is 0 Å². The number of ether oxygens (including phenoxy) is 6. The standard InChI is InChI=1S/C43H59N5O14/c1-11-16-59-37-21-33(47(53)54)29(19-35(37)57-9)27(7)23-61-42(51)39(26(5)6)45-40(49)31(18-25(3)4)44-41(50)32-14-13-15-46(32)43(52)62-24-28(8)30-20-36(58-10)38(60-17-12-2)22-34(30)48(55)56/h11-12,19-22,25-28,31-32,39H,1-2,13-18,23-24H2,3-10H3,(H,44,50)(H,45,49)/t27?,28?,31-,32-,39?/m0/s1. The molecule has 0 bridgehead atoms. The minimum atomic E-state index is -1.15. The predicted octanol–water partition coefficient (Wildman–Crippen LogP) is 6.37. The van der Waals surface area contributed by atoms with E-state index in [1.807, 2.05) is 13.8 Å². The third-order valence-corrected chi connectivity index (χ3v) is 10.1. The summed E-state index contributed by atoms with van der Waals surface area (Å²) >= 11 is 0. The van der Waals surface area contributed by atoms with Crippen molar-refractivity contribution in [1.82, 2.24) is 15.5 Å². The molecule has 0 spiro atoms. The third kappa shape index (κ3) is 13.3. The molecule has 3 unspecified atom stereocenters. The van der Waals surface area contributed by atoms with Crippen molar-refractivity contribution >= 4 is 35.3 Å². The van der Waals surface area contributed by atoms with Crippen molar-refractivity contribution in [3.05, 3.63) is 80.9 Å². The highest BCUT2D eigenvalue weighted by atomic mass is 16.6. The van der Waals surface area contributed by atoms with Crippen LogP contribution in [-0.2, 0) is 23.9 Å². The molecule has 1 aliphatic rings. The molecular formula is C43H59N5O14. The number of nitrogens with zero attached hydrogens (tertiary/aromatic N) is 3. The molecule has 2 aromatic rings. The Hall–Kier alpha value is -6.40. The molecule has 2 N–H and O–H groups in total. The zero-order chi connectivity index (χ0) is 46.3. The first-order chi connectivity index (χ1) is 29.4. The van der Waals surface area contributed by atoms with Gasteiger partial charge in [-0.2, -0.15) is 0 Å². The van der Waals surface area contributed by atoms with Crippen LogP contribution in [0, 0.1) is 32.1 Å². The van der Waals surface area contributed by atoms with Crippen LogP contribution in [-0.4, -0.2) is 104 Å². The number of likely N-dealkylation sites (tertiary alicyclic amines) is 1. The Bertz CT molecular complexity index is 1950. The van der Waals surface area contributed by atoms with Gasteiger partial charge in [0.2, 0.25) is 11.8 Å². The van der Waals surface area contributed by atoms with E-state index in [0.29, 0.717) is 6.42 Å². The van der Waals surface area contributed by atoms with E-state index in [1.54, 1.807) is 27.7 Å². The summed E-state index contributed by atoms with van der Waals surface area (Å²) in [7, 11) is 2.78. The van der Waals surface area contributed by atoms with Crippen molar-refractivity contribution in [2.45, 2.75) is 90.8 Å². The topological polar surface area (TPSA) is 237 Å². The molecule has 1 saturated heterocycles. The van der Waals surface area contributed by atoms with E-state index in [9.17, 15) is 39.4 Å². The minimum Gasteiger partial charge on any atom is -0.493 e. The number of carbonyl (C=O) groups is 4. The zero-order valence-corrected chi connectivity index (χ0v) is 36.6. The minimum absolute atomic E-state index is 0.0749. The number of amides is 3. The van der Waals surface area contributed by atoms with Gasteiger partial charge in [0.05, 0.1) is 42.8 Å². The van der Waals surface area contributed by atoms with Crippen LogP contribution in [0.15, 0.2) is 49.6 Å². The van der Waals surface area contributed by atoms with Crippen molar-refractivity contribution in [2.75, 3.05) is 47.2 Å². The Kier molecular flexibility index (Phi) is 19.0. The zero-order valence-electron chi connectivity index (χ0n) is 36.6. The van der Waals surface area contributed by atoms with Gasteiger partial charge in [-0.3, -0.25) is 34.7 Å². The van der Waals surface area contributed by atoms with Crippen molar-refractivity contribution in [2.24, 2.45) is 11.8 Å². The average Bonchev–Trinajstić information content (AvgIpc) is 3.74. The molecule has 19 heteroatoms. The quantitative estimate of drug-likeness (QED) is 0.0505. The fraction of sp³-hybridized carbons (Fsp3) is 0.535. The first kappa shape index (κ1) is 50.0. The van der Waals surface area contributed by atoms with Crippen LogP contribution < -0.4 is 29.6 Å². The number of rotatable bonds is 24. The molecule has 0 aliphatic carbocycles. The van der Waals surface area contributed by atoms with Gasteiger partial charge < -0.3 is 39.1 Å². The Morgan fingerprint density at radius 3 is 1.73 bits per heavy atom. The Morgan fingerprint density at radius 1 is 0.790 bits per heavy atom. The van der Waals surface area contributed by atoms with Gasteiger partial charge in [-0.1, -0.05) is 66.9 Å². The predicted molar refractivity (Wildman–Crippen MR) is 228 cm³/mol. The molecule has 19 nitrogen and oxygen atoms in total. The van der Waals surface area contributed by atoms with E-state index in [2.05, 4.69) is 23.8 Å². The molecule has 340 valence electrons. The lowest BCUT2D eigenvalue weighted by atomic mass is 9.98. The highest BCUT2D eigenvalue weighted by Crippen LogP contribution is 2.40. The number of nitro groups is 2. The smallest absolute Gasteiger partial charge is 0.410 e. The average molecular weight is 870 g/mol. The van der Waals surface area contributed by atoms with Crippen LogP contribution in [0.2, 0.25) is 0 Å². The monoisotopic (exact) mass is 869 g/mol. The summed E-state index contributed by atoms with van der Waals surface area (Å²) in [6.45, 7) is 17.4. The van der Waals surface area contributed by atoms with Crippen LogP contribution in [0.4, 0.5) is 16.2 Å². The van der Waals surface area contributed by atoms with E-state index >= 15 is 0 Å². The SMILES string of the molecule is C=CCOc1cc([N+](=O)[O-])c(C(C)COC(=O)C(NC(=O)[C@H](CC(C)C)NC(=O)[C@@H]2CCCN2C(=O)OCC(C)c2cc(OC)c(OCC=C)cc2[N+](=O)[O-])C(C)C)cc1OC. The van der Waals surface area contributed by atoms with Gasteiger partial charge in [-0.05, 0) is 43.2 Å². The number of benzene rings is 2. The number of hydrogen-bond donors (Lipinski definition) is 2. The summed E-state index contributed by atoms with van der Waals surface area (Å²) in [6.07, 6.45) is 3.12. The van der Waals surface area contributed by atoms with Gasteiger partial charge in [0.25, 0.3) is 11.4 Å². The van der Waals surface area contributed by atoms with Gasteiger partial charge in [0.1, 0.15) is 37.9 Å². The second kappa shape index (κ2) is 23.6. The lowest BCUT2D eigenvalue weighted by Gasteiger charge is -2.28. The summed E-state index contributed by atoms with van der Waals surface area (Å²) in [5, 5.41) is 29.5. The number of esters is 1. The molecule has 1 fully saturated rings. The second-order valence-corrected chi connectivity index (χ2v) is 15.6. The van der Waals surface area contributed by atoms with Crippen molar-refractivity contribution in [3.63, 3.8) is 0 Å². The van der Waals surface area contributed by atoms with Crippen LogP contribution in [0.1, 0.15) is 83.8 Å². The Morgan fingerprint density at radius 2 is 1.29 bits per heavy atom. The molecule has 0 aromatic heterocycles. The molecule has 1 aliphatic heterocycles. The summed E-state index contributed by atoms with van der Waals surface area (Å²) in [5.74, 6) is -3.10. The van der Waals surface area contributed by atoms with Gasteiger partial charge in [0, 0.05) is 29.5 Å².